The van der Waals surface area contributed by atoms with E-state index < -0.39 is 5.91 Å². The number of nitrogens with one attached hydrogen (secondary N) is 1. The number of fused-ring (bicyclic) bond motifs is 2. The van der Waals surface area contributed by atoms with Crippen LogP contribution in [0.15, 0.2) is 73.1 Å². The zero-order valence-corrected chi connectivity index (χ0v) is 15.3. The fraction of sp³-hybridized carbons (Fsp3) is 0.130. The number of carbonyl (C=O) groups excluding carboxylic acids is 1. The van der Waals surface area contributed by atoms with Gasteiger partial charge in [0.1, 0.15) is 5.65 Å². The molecule has 0 radical (unpaired) electrons. The third-order valence-electron chi connectivity index (χ3n) is 4.97. The Balaban J connectivity index is 0.000000162. The smallest absolute Gasteiger partial charge is 0.248 e. The van der Waals surface area contributed by atoms with Crippen LogP contribution in [0.25, 0.3) is 22.2 Å². The average Bonchev–Trinajstić information content (AvgIpc) is 3.33. The molecule has 0 spiro atoms. The molecule has 5 rings (SSSR count). The predicted octanol–water partition coefficient (Wildman–Crippen LogP) is 3.47. The summed E-state index contributed by atoms with van der Waals surface area (Å²) in [4.78, 5) is 18.3. The summed E-state index contributed by atoms with van der Waals surface area (Å²) in [5, 5.41) is 10.3. The summed E-state index contributed by atoms with van der Waals surface area (Å²) in [6, 6.07) is 19.4. The van der Waals surface area contributed by atoms with Gasteiger partial charge in [-0.2, -0.15) is 0 Å². The van der Waals surface area contributed by atoms with Crippen molar-refractivity contribution >= 4 is 16.9 Å². The Bertz CT molecular complexity index is 1090. The van der Waals surface area contributed by atoms with Crippen molar-refractivity contribution < 1.29 is 9.90 Å². The third-order valence-corrected chi connectivity index (χ3v) is 4.97. The van der Waals surface area contributed by atoms with Crippen molar-refractivity contribution in [2.75, 3.05) is 0 Å². The molecule has 28 heavy (non-hydrogen) atoms. The van der Waals surface area contributed by atoms with Gasteiger partial charge in [0.15, 0.2) is 0 Å². The lowest BCUT2D eigenvalue weighted by molar-refractivity contribution is 0.100. The zero-order valence-electron chi connectivity index (χ0n) is 15.3. The highest BCUT2D eigenvalue weighted by Gasteiger charge is 2.17. The number of primary amides is 1. The molecule has 1 amide bonds. The lowest BCUT2D eigenvalue weighted by atomic mass is 10.0. The van der Waals surface area contributed by atoms with Crippen LogP contribution in [0.4, 0.5) is 0 Å². The number of aliphatic hydroxyl groups is 1. The second kappa shape index (κ2) is 7.66. The minimum absolute atomic E-state index is 0.127. The maximum absolute atomic E-state index is 11.0. The molecule has 0 fully saturated rings. The largest absolute Gasteiger partial charge is 0.392 e. The van der Waals surface area contributed by atoms with Crippen molar-refractivity contribution in [3.63, 3.8) is 0 Å². The number of aliphatic hydroxyl groups excluding tert-OH is 1. The molecule has 0 unspecified atom stereocenters. The van der Waals surface area contributed by atoms with E-state index in [0.29, 0.717) is 5.56 Å². The Morgan fingerprint density at radius 3 is 2.32 bits per heavy atom. The van der Waals surface area contributed by atoms with Crippen LogP contribution >= 0.6 is 0 Å². The number of rotatable bonds is 2. The van der Waals surface area contributed by atoms with E-state index in [4.69, 9.17) is 5.73 Å². The lowest BCUT2D eigenvalue weighted by Gasteiger charge is -2.04. The van der Waals surface area contributed by atoms with Crippen molar-refractivity contribution in [3.8, 4) is 11.1 Å². The van der Waals surface area contributed by atoms with Crippen molar-refractivity contribution in [1.29, 1.82) is 0 Å². The van der Waals surface area contributed by atoms with Gasteiger partial charge in [-0.1, -0.05) is 36.4 Å². The number of aromatic nitrogens is 2. The fourth-order valence-electron chi connectivity index (χ4n) is 3.56. The Kier molecular flexibility index (Phi) is 4.91. The maximum Gasteiger partial charge on any atom is 0.248 e. The number of carbonyl (C=O) groups is 1. The van der Waals surface area contributed by atoms with E-state index in [1.807, 2.05) is 42.6 Å². The molecule has 0 atom stereocenters. The number of hydrogen-bond acceptors (Lipinski definition) is 3. The van der Waals surface area contributed by atoms with E-state index in [2.05, 4.69) is 22.1 Å². The van der Waals surface area contributed by atoms with E-state index in [-0.39, 0.29) is 6.10 Å². The molecule has 5 heteroatoms. The number of H-pyrrole nitrogens is 1. The van der Waals surface area contributed by atoms with Crippen molar-refractivity contribution in [2.45, 2.75) is 18.9 Å². The number of nitrogens with two attached hydrogens (primary N) is 1. The second-order valence-electron chi connectivity index (χ2n) is 6.87. The molecule has 0 aliphatic heterocycles. The molecule has 0 saturated heterocycles. The molecule has 2 aromatic carbocycles. The molecule has 4 N–H and O–H groups in total. The normalized spacial score (nSPS) is 13.0. The van der Waals surface area contributed by atoms with Gasteiger partial charge in [-0.15, -0.1) is 0 Å². The van der Waals surface area contributed by atoms with Crippen LogP contribution in [-0.2, 0) is 12.8 Å². The lowest BCUT2D eigenvalue weighted by Crippen LogP contribution is -2.10. The summed E-state index contributed by atoms with van der Waals surface area (Å²) in [5.41, 5.74) is 11.3. The molecule has 5 nitrogen and oxygen atoms in total. The molecule has 140 valence electrons. The Hall–Kier alpha value is -3.44. The molecule has 2 aromatic heterocycles. The van der Waals surface area contributed by atoms with Crippen LogP contribution in [-0.4, -0.2) is 27.1 Å². The summed E-state index contributed by atoms with van der Waals surface area (Å²) in [6.07, 6.45) is 5.18. The van der Waals surface area contributed by atoms with E-state index >= 15 is 0 Å². The first kappa shape index (κ1) is 17.9. The van der Waals surface area contributed by atoms with Gasteiger partial charge in [-0.25, -0.2) is 4.98 Å². The Morgan fingerprint density at radius 1 is 1.00 bits per heavy atom. The molecule has 4 aromatic rings. The summed E-state index contributed by atoms with van der Waals surface area (Å²) in [6.45, 7) is 0. The second-order valence-corrected chi connectivity index (χ2v) is 6.87. The summed E-state index contributed by atoms with van der Waals surface area (Å²) < 4.78 is 0. The molecule has 1 aliphatic rings. The van der Waals surface area contributed by atoms with Crippen molar-refractivity contribution in [1.82, 2.24) is 9.97 Å². The Morgan fingerprint density at radius 2 is 1.68 bits per heavy atom. The number of benzene rings is 2. The highest BCUT2D eigenvalue weighted by molar-refractivity contribution is 5.95. The molecule has 2 heterocycles. The highest BCUT2D eigenvalue weighted by Crippen LogP contribution is 2.27. The SMILES string of the molecule is NC(=O)c1ccc(-c2ccnc3[nH]ccc23)cc1.OC1Cc2ccccc2C1. The van der Waals surface area contributed by atoms with Crippen LogP contribution in [0.3, 0.4) is 0 Å². The van der Waals surface area contributed by atoms with E-state index in [9.17, 15) is 9.90 Å². The van der Waals surface area contributed by atoms with Crippen LogP contribution in [0.2, 0.25) is 0 Å². The van der Waals surface area contributed by atoms with E-state index in [0.717, 1.165) is 35.0 Å². The zero-order chi connectivity index (χ0) is 19.5. The van der Waals surface area contributed by atoms with Crippen LogP contribution in [0, 0.1) is 0 Å². The first-order valence-corrected chi connectivity index (χ1v) is 9.19. The highest BCUT2D eigenvalue weighted by atomic mass is 16.3. The van der Waals surface area contributed by atoms with Gasteiger partial charge < -0.3 is 15.8 Å². The molecule has 0 saturated carbocycles. The number of aromatic amines is 1. The van der Waals surface area contributed by atoms with Crippen LogP contribution in [0.1, 0.15) is 21.5 Å². The summed E-state index contributed by atoms with van der Waals surface area (Å²) in [5.74, 6) is -0.414. The predicted molar refractivity (Wildman–Crippen MR) is 110 cm³/mol. The summed E-state index contributed by atoms with van der Waals surface area (Å²) >= 11 is 0. The van der Waals surface area contributed by atoms with Gasteiger partial charge in [-0.05, 0) is 59.4 Å². The minimum Gasteiger partial charge on any atom is -0.392 e. The molecule has 0 bridgehead atoms. The van der Waals surface area contributed by atoms with Gasteiger partial charge in [0.05, 0.1) is 6.10 Å². The van der Waals surface area contributed by atoms with Crippen LogP contribution in [0.5, 0.6) is 0 Å². The number of amides is 1. The van der Waals surface area contributed by atoms with Gasteiger partial charge in [0, 0.05) is 23.3 Å². The van der Waals surface area contributed by atoms with Crippen LogP contribution < -0.4 is 5.73 Å². The van der Waals surface area contributed by atoms with Gasteiger partial charge >= 0.3 is 0 Å². The number of pyridine rings is 1. The first-order chi connectivity index (χ1) is 13.6. The standard InChI is InChI=1S/C14H11N3O.C9H10O/c15-13(18)10-3-1-9(2-4-10)11-5-7-16-14-12(11)6-8-17-14;10-9-5-7-3-1-2-4-8(7)6-9/h1-8H,(H2,15,18)(H,16,17);1-4,9-10H,5-6H2. The topological polar surface area (TPSA) is 92.0 Å². The van der Waals surface area contributed by atoms with Gasteiger partial charge in [0.2, 0.25) is 5.91 Å². The first-order valence-electron chi connectivity index (χ1n) is 9.19. The maximum atomic E-state index is 11.0. The molecule has 1 aliphatic carbocycles. The van der Waals surface area contributed by atoms with Gasteiger partial charge in [0.25, 0.3) is 0 Å². The number of hydrogen-bond donors (Lipinski definition) is 3. The quantitative estimate of drug-likeness (QED) is 0.504. The monoisotopic (exact) mass is 371 g/mol. The van der Waals surface area contributed by atoms with Crippen molar-refractivity contribution in [3.05, 3.63) is 89.7 Å². The van der Waals surface area contributed by atoms with Gasteiger partial charge in [-0.3, -0.25) is 4.79 Å². The summed E-state index contributed by atoms with van der Waals surface area (Å²) in [7, 11) is 0. The fourth-order valence-corrected chi connectivity index (χ4v) is 3.56. The third kappa shape index (κ3) is 3.66. The molecular formula is C23H21N3O2. The molecular weight excluding hydrogens is 350 g/mol. The Labute approximate surface area is 162 Å². The minimum atomic E-state index is -0.414. The van der Waals surface area contributed by atoms with E-state index in [1.54, 1.807) is 18.3 Å². The number of nitrogens with zero attached hydrogens (tertiary/aromatic N) is 1. The van der Waals surface area contributed by atoms with E-state index in [1.165, 1.54) is 11.1 Å². The average molecular weight is 371 g/mol. The van der Waals surface area contributed by atoms with Crippen molar-refractivity contribution in [2.24, 2.45) is 5.73 Å².